The van der Waals surface area contributed by atoms with Crippen LogP contribution in [0.3, 0.4) is 0 Å². The Balaban J connectivity index is 2.80. The van der Waals surface area contributed by atoms with Crippen LogP contribution >= 0.6 is 0 Å². The molecule has 0 saturated heterocycles. The lowest BCUT2D eigenvalue weighted by Crippen LogP contribution is -2.39. The number of benzene rings is 1. The van der Waals surface area contributed by atoms with Crippen molar-refractivity contribution in [1.82, 2.24) is 5.32 Å². The van der Waals surface area contributed by atoms with Crippen molar-refractivity contribution in [3.8, 4) is 0 Å². The minimum absolute atomic E-state index is 0.218. The Morgan fingerprint density at radius 1 is 1.22 bits per heavy atom. The lowest BCUT2D eigenvalue weighted by Gasteiger charge is -2.13. The van der Waals surface area contributed by atoms with Gasteiger partial charge in [0.1, 0.15) is 6.04 Å². The van der Waals surface area contributed by atoms with Crippen molar-refractivity contribution in [2.45, 2.75) is 40.2 Å². The zero-order valence-corrected chi connectivity index (χ0v) is 11.2. The summed E-state index contributed by atoms with van der Waals surface area (Å²) in [7, 11) is 0. The third-order valence-corrected chi connectivity index (χ3v) is 2.93. The van der Waals surface area contributed by atoms with Gasteiger partial charge in [-0.05, 0) is 44.4 Å². The van der Waals surface area contributed by atoms with Crippen molar-refractivity contribution in [1.29, 1.82) is 0 Å². The Kier molecular flexibility index (Phi) is 4.48. The van der Waals surface area contributed by atoms with E-state index in [1.54, 1.807) is 0 Å². The van der Waals surface area contributed by atoms with E-state index in [1.165, 1.54) is 6.92 Å². The topological polar surface area (TPSA) is 66.4 Å². The molecule has 2 N–H and O–H groups in total. The van der Waals surface area contributed by atoms with Crippen molar-refractivity contribution < 1.29 is 14.7 Å². The summed E-state index contributed by atoms with van der Waals surface area (Å²) in [5, 5.41) is 11.2. The van der Waals surface area contributed by atoms with Gasteiger partial charge in [0.15, 0.2) is 0 Å². The van der Waals surface area contributed by atoms with E-state index in [4.69, 9.17) is 5.11 Å². The van der Waals surface area contributed by atoms with Gasteiger partial charge in [-0.2, -0.15) is 0 Å². The van der Waals surface area contributed by atoms with Gasteiger partial charge in [0.25, 0.3) is 0 Å². The van der Waals surface area contributed by atoms with Gasteiger partial charge in [-0.25, -0.2) is 0 Å². The molecule has 0 radical (unpaired) electrons. The molecule has 4 nitrogen and oxygen atoms in total. The molecule has 0 unspecified atom stereocenters. The number of nitrogens with one attached hydrogen (secondary N) is 1. The van der Waals surface area contributed by atoms with E-state index in [2.05, 4.69) is 5.32 Å². The van der Waals surface area contributed by atoms with Crippen molar-refractivity contribution in [3.05, 3.63) is 34.4 Å². The third kappa shape index (κ3) is 3.58. The maximum atomic E-state index is 11.7. The van der Waals surface area contributed by atoms with Gasteiger partial charge in [0, 0.05) is 0 Å². The van der Waals surface area contributed by atoms with Gasteiger partial charge < -0.3 is 10.4 Å². The summed E-state index contributed by atoms with van der Waals surface area (Å²) >= 11 is 0. The molecule has 0 spiro atoms. The maximum Gasteiger partial charge on any atom is 0.325 e. The maximum absolute atomic E-state index is 11.7. The largest absolute Gasteiger partial charge is 0.480 e. The highest BCUT2D eigenvalue weighted by atomic mass is 16.4. The lowest BCUT2D eigenvalue weighted by atomic mass is 9.97. The second-order valence-corrected chi connectivity index (χ2v) is 4.68. The zero-order valence-electron chi connectivity index (χ0n) is 11.2. The molecule has 98 valence electrons. The van der Waals surface area contributed by atoms with Gasteiger partial charge in [0.05, 0.1) is 6.42 Å². The predicted octanol–water partition coefficient (Wildman–Crippen LogP) is 1.74. The average Bonchev–Trinajstić information content (AvgIpc) is 2.23. The Labute approximate surface area is 107 Å². The number of carboxylic acid groups (broad SMARTS) is 1. The molecule has 0 fully saturated rings. The summed E-state index contributed by atoms with van der Waals surface area (Å²) in [6.07, 6.45) is 0.218. The molecular weight excluding hydrogens is 230 g/mol. The summed E-state index contributed by atoms with van der Waals surface area (Å²) in [4.78, 5) is 22.4. The van der Waals surface area contributed by atoms with Gasteiger partial charge in [0.2, 0.25) is 5.91 Å². The Morgan fingerprint density at radius 3 is 2.17 bits per heavy atom. The van der Waals surface area contributed by atoms with Crippen LogP contribution in [0.1, 0.15) is 29.2 Å². The minimum Gasteiger partial charge on any atom is -0.480 e. The highest BCUT2D eigenvalue weighted by molar-refractivity contribution is 5.85. The van der Waals surface area contributed by atoms with Gasteiger partial charge >= 0.3 is 5.97 Å². The van der Waals surface area contributed by atoms with Gasteiger partial charge in [-0.15, -0.1) is 0 Å². The molecule has 0 aliphatic rings. The molecule has 1 rings (SSSR count). The molecule has 1 amide bonds. The van der Waals surface area contributed by atoms with Crippen LogP contribution in [-0.4, -0.2) is 23.0 Å². The van der Waals surface area contributed by atoms with Crippen molar-refractivity contribution in [2.24, 2.45) is 0 Å². The van der Waals surface area contributed by atoms with E-state index in [9.17, 15) is 9.59 Å². The van der Waals surface area contributed by atoms with Crippen molar-refractivity contribution >= 4 is 11.9 Å². The number of carboxylic acids is 1. The number of hydrogen-bond acceptors (Lipinski definition) is 2. The predicted molar refractivity (Wildman–Crippen MR) is 69.6 cm³/mol. The van der Waals surface area contributed by atoms with E-state index in [-0.39, 0.29) is 12.3 Å². The van der Waals surface area contributed by atoms with Crippen molar-refractivity contribution in [2.75, 3.05) is 0 Å². The van der Waals surface area contributed by atoms with Crippen LogP contribution in [0.4, 0.5) is 0 Å². The highest BCUT2D eigenvalue weighted by Crippen LogP contribution is 2.16. The van der Waals surface area contributed by atoms with Crippen LogP contribution in [0.2, 0.25) is 0 Å². The number of carbonyl (C=O) groups is 2. The monoisotopic (exact) mass is 249 g/mol. The Hall–Kier alpha value is -1.84. The summed E-state index contributed by atoms with van der Waals surface area (Å²) in [5.41, 5.74) is 4.25. The molecule has 0 aromatic heterocycles. The first-order valence-electron chi connectivity index (χ1n) is 5.90. The normalized spacial score (nSPS) is 12.0. The number of rotatable bonds is 4. The number of amides is 1. The summed E-state index contributed by atoms with van der Waals surface area (Å²) < 4.78 is 0. The van der Waals surface area contributed by atoms with Crippen LogP contribution in [0, 0.1) is 20.8 Å². The molecule has 0 saturated carbocycles. The molecule has 1 atom stereocenters. The van der Waals surface area contributed by atoms with E-state index in [0.29, 0.717) is 0 Å². The average molecular weight is 249 g/mol. The summed E-state index contributed by atoms with van der Waals surface area (Å²) in [6, 6.07) is 3.19. The molecule has 0 aliphatic heterocycles. The number of carbonyl (C=O) groups excluding carboxylic acids is 1. The second-order valence-electron chi connectivity index (χ2n) is 4.68. The molecule has 0 bridgehead atoms. The number of hydrogen-bond donors (Lipinski definition) is 2. The first kappa shape index (κ1) is 14.2. The Bertz CT molecular complexity index is 457. The Morgan fingerprint density at radius 2 is 1.72 bits per heavy atom. The fourth-order valence-corrected chi connectivity index (χ4v) is 2.00. The smallest absolute Gasteiger partial charge is 0.325 e. The van der Waals surface area contributed by atoms with E-state index in [1.807, 2.05) is 32.9 Å². The van der Waals surface area contributed by atoms with E-state index in [0.717, 1.165) is 22.3 Å². The molecule has 0 aliphatic carbocycles. The summed E-state index contributed by atoms with van der Waals surface area (Å²) in [6.45, 7) is 7.39. The first-order valence-corrected chi connectivity index (χ1v) is 5.90. The fourth-order valence-electron chi connectivity index (χ4n) is 2.00. The van der Waals surface area contributed by atoms with E-state index >= 15 is 0 Å². The van der Waals surface area contributed by atoms with Crippen LogP contribution in [0.15, 0.2) is 12.1 Å². The molecule has 1 aromatic rings. The molecular formula is C14H19NO3. The minimum atomic E-state index is -1.03. The number of aryl methyl sites for hydroxylation is 3. The number of aliphatic carboxylic acids is 1. The SMILES string of the molecule is Cc1cc(C)c(CC(=O)N[C@H](C)C(=O)O)c(C)c1. The van der Waals surface area contributed by atoms with Crippen LogP contribution < -0.4 is 5.32 Å². The van der Waals surface area contributed by atoms with Crippen molar-refractivity contribution in [3.63, 3.8) is 0 Å². The lowest BCUT2D eigenvalue weighted by molar-refractivity contribution is -0.141. The quantitative estimate of drug-likeness (QED) is 0.854. The molecule has 4 heteroatoms. The zero-order chi connectivity index (χ0) is 13.9. The third-order valence-electron chi connectivity index (χ3n) is 2.93. The molecule has 1 aromatic carbocycles. The van der Waals surface area contributed by atoms with Crippen LogP contribution in [0.25, 0.3) is 0 Å². The standard InChI is InChI=1S/C14H19NO3/c1-8-5-9(2)12(10(3)6-8)7-13(16)15-11(4)14(17)18/h5-6,11H,7H2,1-4H3,(H,15,16)(H,17,18)/t11-/m1/s1. The second kappa shape index (κ2) is 5.67. The van der Waals surface area contributed by atoms with Crippen LogP contribution in [-0.2, 0) is 16.0 Å². The molecule has 18 heavy (non-hydrogen) atoms. The van der Waals surface area contributed by atoms with Gasteiger partial charge in [-0.3, -0.25) is 9.59 Å². The highest BCUT2D eigenvalue weighted by Gasteiger charge is 2.15. The van der Waals surface area contributed by atoms with Gasteiger partial charge in [-0.1, -0.05) is 17.7 Å². The fraction of sp³-hybridized carbons (Fsp3) is 0.429. The molecule has 0 heterocycles. The van der Waals surface area contributed by atoms with E-state index < -0.39 is 12.0 Å². The van der Waals surface area contributed by atoms with Crippen LogP contribution in [0.5, 0.6) is 0 Å². The first-order chi connectivity index (χ1) is 8.31. The summed E-state index contributed by atoms with van der Waals surface area (Å²) in [5.74, 6) is -1.29.